The number of rotatable bonds is 9. The van der Waals surface area contributed by atoms with Crippen molar-refractivity contribution in [2.75, 3.05) is 32.7 Å². The van der Waals surface area contributed by atoms with Crippen molar-refractivity contribution in [2.24, 2.45) is 11.8 Å². The molecule has 29 heavy (non-hydrogen) atoms. The highest BCUT2D eigenvalue weighted by molar-refractivity contribution is 6.00. The zero-order chi connectivity index (χ0) is 20.8. The smallest absolute Gasteiger partial charge is 0.228 e. The largest absolute Gasteiger partial charge is 0.497 e. The number of hydrogen-bond donors (Lipinski definition) is 2. The highest BCUT2D eigenvalue weighted by Gasteiger charge is 2.48. The Morgan fingerprint density at radius 2 is 1.66 bits per heavy atom. The topological polar surface area (TPSA) is 85.9 Å². The first-order valence-electron chi connectivity index (χ1n) is 9.52. The lowest BCUT2D eigenvalue weighted by Crippen LogP contribution is -2.31. The van der Waals surface area contributed by atoms with Crippen LogP contribution >= 0.6 is 0 Å². The molecule has 1 saturated carbocycles. The second kappa shape index (κ2) is 9.32. The van der Waals surface area contributed by atoms with Gasteiger partial charge in [-0.1, -0.05) is 6.07 Å². The average Bonchev–Trinajstić information content (AvgIpc) is 3.53. The summed E-state index contributed by atoms with van der Waals surface area (Å²) in [7, 11) is 3.16. The van der Waals surface area contributed by atoms with Crippen molar-refractivity contribution in [3.63, 3.8) is 0 Å². The van der Waals surface area contributed by atoms with Gasteiger partial charge in [-0.3, -0.25) is 9.59 Å². The Kier molecular flexibility index (Phi) is 6.59. The lowest BCUT2D eigenvalue weighted by Gasteiger charge is -2.11. The summed E-state index contributed by atoms with van der Waals surface area (Å²) in [6.45, 7) is 2.67. The number of methoxy groups -OCH3 is 2. The second-order valence-electron chi connectivity index (χ2n) is 6.96. The van der Waals surface area contributed by atoms with Crippen LogP contribution in [0, 0.1) is 18.8 Å². The van der Waals surface area contributed by atoms with E-state index in [1.165, 1.54) is 0 Å². The number of carbonyl (C=O) groups is 2. The van der Waals surface area contributed by atoms with Crippen molar-refractivity contribution < 1.29 is 23.8 Å². The van der Waals surface area contributed by atoms with Crippen molar-refractivity contribution in [2.45, 2.75) is 13.3 Å². The molecule has 1 fully saturated rings. The van der Waals surface area contributed by atoms with Gasteiger partial charge in [-0.25, -0.2) is 0 Å². The molecule has 0 aromatic heterocycles. The quantitative estimate of drug-likeness (QED) is 0.635. The van der Waals surface area contributed by atoms with Crippen LogP contribution in [0.1, 0.15) is 12.0 Å². The molecule has 1 aliphatic carbocycles. The summed E-state index contributed by atoms with van der Waals surface area (Å²) in [5.74, 6) is 1.15. The van der Waals surface area contributed by atoms with Crippen LogP contribution in [0.4, 0.5) is 5.69 Å². The molecule has 0 saturated heterocycles. The predicted molar refractivity (Wildman–Crippen MR) is 109 cm³/mol. The number of nitrogens with one attached hydrogen (secondary N) is 2. The van der Waals surface area contributed by atoms with E-state index in [4.69, 9.17) is 14.2 Å². The fourth-order valence-corrected chi connectivity index (χ4v) is 3.07. The summed E-state index contributed by atoms with van der Waals surface area (Å²) in [5.41, 5.74) is 1.64. The molecule has 0 heterocycles. The van der Waals surface area contributed by atoms with Crippen LogP contribution in [0.3, 0.4) is 0 Å². The Hall–Kier alpha value is -3.22. The first-order valence-corrected chi connectivity index (χ1v) is 9.52. The third-order valence-corrected chi connectivity index (χ3v) is 4.81. The number of amides is 2. The van der Waals surface area contributed by atoms with Gasteiger partial charge in [-0.05, 0) is 55.3 Å². The standard InChI is InChI=1S/C22H26N2O5/c1-14-4-9-20(28-3)19(12-14)24-22(26)18-13-17(18)21(25)23-10-11-29-16-7-5-15(27-2)6-8-16/h4-9,12,17-18H,10-11,13H2,1-3H3,(H,23,25)(H,24,26). The SMILES string of the molecule is COc1ccc(OCCNC(=O)C2CC2C(=O)Nc2cc(C)ccc2OC)cc1. The normalized spacial score (nSPS) is 17.2. The minimum Gasteiger partial charge on any atom is -0.497 e. The summed E-state index contributed by atoms with van der Waals surface area (Å²) >= 11 is 0. The Morgan fingerprint density at radius 1 is 0.966 bits per heavy atom. The van der Waals surface area contributed by atoms with Crippen molar-refractivity contribution in [1.29, 1.82) is 0 Å². The van der Waals surface area contributed by atoms with Gasteiger partial charge >= 0.3 is 0 Å². The van der Waals surface area contributed by atoms with Crippen molar-refractivity contribution in [3.8, 4) is 17.2 Å². The molecule has 2 aromatic rings. The molecule has 0 spiro atoms. The molecular formula is C22H26N2O5. The molecule has 0 bridgehead atoms. The number of carbonyl (C=O) groups excluding carboxylic acids is 2. The van der Waals surface area contributed by atoms with E-state index >= 15 is 0 Å². The van der Waals surface area contributed by atoms with Crippen LogP contribution in [0.5, 0.6) is 17.2 Å². The lowest BCUT2D eigenvalue weighted by molar-refractivity contribution is -0.125. The molecule has 3 rings (SSSR count). The minimum absolute atomic E-state index is 0.125. The van der Waals surface area contributed by atoms with E-state index in [-0.39, 0.29) is 23.7 Å². The van der Waals surface area contributed by atoms with Gasteiger partial charge in [-0.2, -0.15) is 0 Å². The van der Waals surface area contributed by atoms with Gasteiger partial charge < -0.3 is 24.8 Å². The van der Waals surface area contributed by atoms with Crippen molar-refractivity contribution in [1.82, 2.24) is 5.32 Å². The van der Waals surface area contributed by atoms with Crippen LogP contribution in [-0.4, -0.2) is 39.2 Å². The van der Waals surface area contributed by atoms with E-state index in [9.17, 15) is 9.59 Å². The lowest BCUT2D eigenvalue weighted by atomic mass is 10.2. The van der Waals surface area contributed by atoms with Gasteiger partial charge in [0.2, 0.25) is 11.8 Å². The number of benzene rings is 2. The summed E-state index contributed by atoms with van der Waals surface area (Å²) < 4.78 is 16.0. The van der Waals surface area contributed by atoms with E-state index in [0.29, 0.717) is 36.8 Å². The van der Waals surface area contributed by atoms with Crippen molar-refractivity contribution in [3.05, 3.63) is 48.0 Å². The third kappa shape index (κ3) is 5.40. The molecule has 2 N–H and O–H groups in total. The van der Waals surface area contributed by atoms with Gasteiger partial charge in [0.05, 0.1) is 38.3 Å². The van der Waals surface area contributed by atoms with Gasteiger partial charge in [0.15, 0.2) is 0 Å². The van der Waals surface area contributed by atoms with Gasteiger partial charge in [0.25, 0.3) is 0 Å². The van der Waals surface area contributed by atoms with E-state index < -0.39 is 0 Å². The van der Waals surface area contributed by atoms with E-state index in [1.807, 2.05) is 49.4 Å². The van der Waals surface area contributed by atoms with Crippen LogP contribution in [0.15, 0.2) is 42.5 Å². The maximum Gasteiger partial charge on any atom is 0.228 e. The molecule has 7 nitrogen and oxygen atoms in total. The molecule has 2 unspecified atom stereocenters. The molecular weight excluding hydrogens is 372 g/mol. The molecule has 2 aromatic carbocycles. The Morgan fingerprint density at radius 3 is 2.34 bits per heavy atom. The van der Waals surface area contributed by atoms with Gasteiger partial charge in [-0.15, -0.1) is 0 Å². The van der Waals surface area contributed by atoms with Crippen LogP contribution in [-0.2, 0) is 9.59 Å². The van der Waals surface area contributed by atoms with Crippen LogP contribution < -0.4 is 24.8 Å². The zero-order valence-electron chi connectivity index (χ0n) is 16.9. The minimum atomic E-state index is -0.317. The number of ether oxygens (including phenoxy) is 3. The Balaban J connectivity index is 1.40. The molecule has 0 aliphatic heterocycles. The molecule has 154 valence electrons. The van der Waals surface area contributed by atoms with E-state index in [2.05, 4.69) is 10.6 Å². The molecule has 7 heteroatoms. The third-order valence-electron chi connectivity index (χ3n) is 4.81. The average molecular weight is 398 g/mol. The predicted octanol–water partition coefficient (Wildman–Crippen LogP) is 2.78. The fourth-order valence-electron chi connectivity index (χ4n) is 3.07. The summed E-state index contributed by atoms with van der Waals surface area (Å²) in [6.07, 6.45) is 0.547. The number of anilines is 1. The second-order valence-corrected chi connectivity index (χ2v) is 6.96. The first-order chi connectivity index (χ1) is 14.0. The number of aryl methyl sites for hydroxylation is 1. The van der Waals surface area contributed by atoms with E-state index in [0.717, 1.165) is 11.3 Å². The Bertz CT molecular complexity index is 866. The van der Waals surface area contributed by atoms with Gasteiger partial charge in [0.1, 0.15) is 23.9 Å². The summed E-state index contributed by atoms with van der Waals surface area (Å²) in [5, 5.41) is 5.69. The van der Waals surface area contributed by atoms with E-state index in [1.54, 1.807) is 14.2 Å². The maximum atomic E-state index is 12.5. The first kappa shape index (κ1) is 20.5. The van der Waals surface area contributed by atoms with Crippen molar-refractivity contribution >= 4 is 17.5 Å². The number of hydrogen-bond acceptors (Lipinski definition) is 5. The highest BCUT2D eigenvalue weighted by Crippen LogP contribution is 2.40. The van der Waals surface area contributed by atoms with Gasteiger partial charge in [0, 0.05) is 0 Å². The molecule has 0 radical (unpaired) electrons. The monoisotopic (exact) mass is 398 g/mol. The molecule has 1 aliphatic rings. The summed E-state index contributed by atoms with van der Waals surface area (Å²) in [4.78, 5) is 24.7. The maximum absolute atomic E-state index is 12.5. The molecule has 2 amide bonds. The van der Waals surface area contributed by atoms with Crippen LogP contribution in [0.2, 0.25) is 0 Å². The summed E-state index contributed by atoms with van der Waals surface area (Å²) in [6, 6.07) is 12.8. The van der Waals surface area contributed by atoms with Crippen LogP contribution in [0.25, 0.3) is 0 Å². The zero-order valence-corrected chi connectivity index (χ0v) is 16.9. The molecule has 2 atom stereocenters. The Labute approximate surface area is 170 Å². The fraction of sp³-hybridized carbons (Fsp3) is 0.364. The highest BCUT2D eigenvalue weighted by atomic mass is 16.5.